The standard InChI is InChI=1S/C17H13Cl2N5O2/c1-9-15(22-21-12-7-3-2-5-10(12)16(20)25)17(26)24(23-9)13-8-4-6-11(18)14(13)19/h2-8,15H,1H3,(H2,20,25). The van der Waals surface area contributed by atoms with Gasteiger partial charge in [0.05, 0.1) is 32.7 Å². The van der Waals surface area contributed by atoms with Crippen LogP contribution in [0.1, 0.15) is 17.3 Å². The topological polar surface area (TPSA) is 100 Å². The molecule has 2 aromatic rings. The quantitative estimate of drug-likeness (QED) is 0.799. The number of hydrogen-bond acceptors (Lipinski definition) is 5. The Morgan fingerprint density at radius 2 is 1.92 bits per heavy atom. The van der Waals surface area contributed by atoms with E-state index in [1.54, 1.807) is 43.3 Å². The zero-order valence-electron chi connectivity index (χ0n) is 13.6. The molecule has 0 radical (unpaired) electrons. The first-order chi connectivity index (χ1) is 12.4. The van der Waals surface area contributed by atoms with E-state index in [0.29, 0.717) is 16.4 Å². The Kier molecular flexibility index (Phi) is 5.01. The summed E-state index contributed by atoms with van der Waals surface area (Å²) in [4.78, 5) is 24.1. The molecule has 0 saturated carbocycles. The summed E-state index contributed by atoms with van der Waals surface area (Å²) in [6, 6.07) is 10.5. The highest BCUT2D eigenvalue weighted by Crippen LogP contribution is 2.35. The van der Waals surface area contributed by atoms with E-state index in [-0.39, 0.29) is 16.3 Å². The number of nitrogens with zero attached hydrogens (tertiary/aromatic N) is 4. The lowest BCUT2D eigenvalue weighted by Crippen LogP contribution is -2.29. The summed E-state index contributed by atoms with van der Waals surface area (Å²) in [7, 11) is 0. The molecule has 2 amide bonds. The molecule has 1 heterocycles. The molecule has 2 N–H and O–H groups in total. The van der Waals surface area contributed by atoms with Gasteiger partial charge in [-0.2, -0.15) is 20.3 Å². The van der Waals surface area contributed by atoms with Crippen molar-refractivity contribution in [1.82, 2.24) is 0 Å². The number of azo groups is 1. The highest BCUT2D eigenvalue weighted by Gasteiger charge is 2.36. The van der Waals surface area contributed by atoms with Crippen LogP contribution in [0.4, 0.5) is 11.4 Å². The Bertz CT molecular complexity index is 958. The van der Waals surface area contributed by atoms with Crippen molar-refractivity contribution >= 4 is 52.1 Å². The molecular formula is C17H13Cl2N5O2. The Morgan fingerprint density at radius 3 is 2.65 bits per heavy atom. The molecule has 1 unspecified atom stereocenters. The number of halogens is 2. The average molecular weight is 390 g/mol. The van der Waals surface area contributed by atoms with Crippen LogP contribution in [0.2, 0.25) is 10.0 Å². The predicted molar refractivity (Wildman–Crippen MR) is 100 cm³/mol. The summed E-state index contributed by atoms with van der Waals surface area (Å²) in [5, 5.41) is 13.9. The number of primary amides is 1. The second kappa shape index (κ2) is 7.23. The molecule has 0 aliphatic carbocycles. The first-order valence-corrected chi connectivity index (χ1v) is 8.28. The van der Waals surface area contributed by atoms with Gasteiger partial charge in [0, 0.05) is 0 Å². The number of carbonyl (C=O) groups is 2. The molecule has 0 bridgehead atoms. The molecule has 26 heavy (non-hydrogen) atoms. The zero-order chi connectivity index (χ0) is 18.8. The minimum absolute atomic E-state index is 0.214. The maximum absolute atomic E-state index is 12.7. The van der Waals surface area contributed by atoms with Gasteiger partial charge in [0.2, 0.25) is 0 Å². The maximum Gasteiger partial charge on any atom is 0.280 e. The summed E-state index contributed by atoms with van der Waals surface area (Å²) in [6.45, 7) is 1.65. The van der Waals surface area contributed by atoms with Crippen LogP contribution in [0.5, 0.6) is 0 Å². The Hall–Kier alpha value is -2.77. The van der Waals surface area contributed by atoms with E-state index < -0.39 is 17.9 Å². The fourth-order valence-corrected chi connectivity index (χ4v) is 2.78. The fourth-order valence-electron chi connectivity index (χ4n) is 2.41. The van der Waals surface area contributed by atoms with Gasteiger partial charge >= 0.3 is 0 Å². The van der Waals surface area contributed by atoms with Crippen LogP contribution >= 0.6 is 23.2 Å². The third-order valence-corrected chi connectivity index (χ3v) is 4.51. The van der Waals surface area contributed by atoms with E-state index in [1.165, 1.54) is 6.07 Å². The van der Waals surface area contributed by atoms with Gasteiger partial charge in [-0.05, 0) is 31.2 Å². The van der Waals surface area contributed by atoms with Gasteiger partial charge in [-0.1, -0.05) is 41.4 Å². The van der Waals surface area contributed by atoms with E-state index >= 15 is 0 Å². The van der Waals surface area contributed by atoms with E-state index in [1.807, 2.05) is 0 Å². The van der Waals surface area contributed by atoms with Crippen LogP contribution in [0, 0.1) is 0 Å². The van der Waals surface area contributed by atoms with E-state index in [9.17, 15) is 9.59 Å². The van der Waals surface area contributed by atoms with Gasteiger partial charge in [0.15, 0.2) is 6.04 Å². The summed E-state index contributed by atoms with van der Waals surface area (Å²) in [5.41, 5.74) is 6.60. The summed E-state index contributed by atoms with van der Waals surface area (Å²) in [6.07, 6.45) is 0. The van der Waals surface area contributed by atoms with Gasteiger partial charge < -0.3 is 5.73 Å². The lowest BCUT2D eigenvalue weighted by molar-refractivity contribution is -0.117. The van der Waals surface area contributed by atoms with Crippen molar-refractivity contribution in [2.45, 2.75) is 13.0 Å². The molecule has 3 rings (SSSR count). The molecule has 1 aliphatic heterocycles. The third-order valence-electron chi connectivity index (χ3n) is 3.71. The molecule has 1 aliphatic rings. The summed E-state index contributed by atoms with van der Waals surface area (Å²) >= 11 is 12.2. The smallest absolute Gasteiger partial charge is 0.280 e. The second-order valence-corrected chi connectivity index (χ2v) is 6.25. The summed E-state index contributed by atoms with van der Waals surface area (Å²) < 4.78 is 0. The number of nitrogens with two attached hydrogens (primary N) is 1. The molecule has 2 aromatic carbocycles. The lowest BCUT2D eigenvalue weighted by Gasteiger charge is -2.14. The number of carbonyl (C=O) groups excluding carboxylic acids is 2. The highest BCUT2D eigenvalue weighted by molar-refractivity contribution is 6.44. The Balaban J connectivity index is 1.90. The minimum Gasteiger partial charge on any atom is -0.366 e. The van der Waals surface area contributed by atoms with Crippen LogP contribution in [-0.4, -0.2) is 23.6 Å². The highest BCUT2D eigenvalue weighted by atomic mass is 35.5. The van der Waals surface area contributed by atoms with Gasteiger partial charge in [0.1, 0.15) is 0 Å². The van der Waals surface area contributed by atoms with Crippen molar-refractivity contribution < 1.29 is 9.59 Å². The second-order valence-electron chi connectivity index (χ2n) is 5.46. The number of hydrogen-bond donors (Lipinski definition) is 1. The van der Waals surface area contributed by atoms with Crippen molar-refractivity contribution in [2.75, 3.05) is 5.01 Å². The Labute approximate surface area is 159 Å². The number of hydrazone groups is 1. The van der Waals surface area contributed by atoms with Crippen LogP contribution in [-0.2, 0) is 4.79 Å². The number of benzene rings is 2. The molecule has 7 nitrogen and oxygen atoms in total. The largest absolute Gasteiger partial charge is 0.366 e. The third kappa shape index (κ3) is 3.31. The van der Waals surface area contributed by atoms with Gasteiger partial charge in [-0.25, -0.2) is 0 Å². The first kappa shape index (κ1) is 18.0. The predicted octanol–water partition coefficient (Wildman–Crippen LogP) is 3.97. The summed E-state index contributed by atoms with van der Waals surface area (Å²) in [5.74, 6) is -1.05. The molecule has 0 fully saturated rings. The Morgan fingerprint density at radius 1 is 1.19 bits per heavy atom. The molecule has 9 heteroatoms. The monoisotopic (exact) mass is 389 g/mol. The first-order valence-electron chi connectivity index (χ1n) is 7.53. The van der Waals surface area contributed by atoms with Crippen molar-refractivity contribution in [3.63, 3.8) is 0 Å². The van der Waals surface area contributed by atoms with Crippen molar-refractivity contribution in [2.24, 2.45) is 21.1 Å². The lowest BCUT2D eigenvalue weighted by atomic mass is 10.2. The van der Waals surface area contributed by atoms with Gasteiger partial charge in [0.25, 0.3) is 11.8 Å². The molecule has 0 spiro atoms. The van der Waals surface area contributed by atoms with Crippen molar-refractivity contribution in [1.29, 1.82) is 0 Å². The molecule has 0 saturated heterocycles. The normalized spacial score (nSPS) is 17.0. The minimum atomic E-state index is -0.925. The number of anilines is 1. The van der Waals surface area contributed by atoms with E-state index in [4.69, 9.17) is 28.9 Å². The number of rotatable bonds is 4. The molecule has 132 valence electrons. The molecule has 1 atom stereocenters. The van der Waals surface area contributed by atoms with Crippen molar-refractivity contribution in [3.05, 3.63) is 58.1 Å². The van der Waals surface area contributed by atoms with E-state index in [2.05, 4.69) is 15.3 Å². The van der Waals surface area contributed by atoms with Crippen LogP contribution in [0.15, 0.2) is 57.8 Å². The number of amides is 2. The zero-order valence-corrected chi connectivity index (χ0v) is 15.1. The van der Waals surface area contributed by atoms with Crippen LogP contribution < -0.4 is 10.7 Å². The molecular weight excluding hydrogens is 377 g/mol. The van der Waals surface area contributed by atoms with Gasteiger partial charge in [-0.3, -0.25) is 9.59 Å². The van der Waals surface area contributed by atoms with Crippen molar-refractivity contribution in [3.8, 4) is 0 Å². The molecule has 0 aromatic heterocycles. The maximum atomic E-state index is 12.7. The average Bonchev–Trinajstić information content (AvgIpc) is 2.90. The van der Waals surface area contributed by atoms with Crippen LogP contribution in [0.25, 0.3) is 0 Å². The SMILES string of the molecule is CC1=NN(c2cccc(Cl)c2Cl)C(=O)C1N=Nc1ccccc1C(N)=O. The van der Waals surface area contributed by atoms with E-state index in [0.717, 1.165) is 5.01 Å². The fraction of sp³-hybridized carbons (Fsp3) is 0.118. The van der Waals surface area contributed by atoms with Crippen LogP contribution in [0.3, 0.4) is 0 Å². The van der Waals surface area contributed by atoms with Gasteiger partial charge in [-0.15, -0.1) is 0 Å².